The zero-order valence-corrected chi connectivity index (χ0v) is 16.7. The van der Waals surface area contributed by atoms with Crippen molar-refractivity contribution in [2.24, 2.45) is 0 Å². The molecular weight excluding hydrogens is 380 g/mol. The first kappa shape index (κ1) is 18.2. The number of amides is 1. The summed E-state index contributed by atoms with van der Waals surface area (Å²) in [5, 5.41) is 8.83. The fourth-order valence-corrected chi connectivity index (χ4v) is 4.90. The standard InChI is InChI=1S/C20H21ClN4OS/c1-13-18(19(21)25(24-13)14-7-3-2-4-8-14)20(26)22-12-11-17-23-15-9-5-6-10-16(15)27-17/h2-4,7-8H,5-6,9-12H2,1H3,(H,22,26). The molecule has 2 aromatic heterocycles. The second-order valence-electron chi connectivity index (χ2n) is 6.69. The maximum atomic E-state index is 12.6. The van der Waals surface area contributed by atoms with E-state index in [1.807, 2.05) is 30.3 Å². The van der Waals surface area contributed by atoms with E-state index in [0.717, 1.165) is 30.0 Å². The molecule has 4 rings (SSSR count). The maximum Gasteiger partial charge on any atom is 0.256 e. The summed E-state index contributed by atoms with van der Waals surface area (Å²) in [5.41, 5.74) is 3.14. The highest BCUT2D eigenvalue weighted by atomic mass is 35.5. The minimum Gasteiger partial charge on any atom is -0.351 e. The van der Waals surface area contributed by atoms with Gasteiger partial charge in [-0.3, -0.25) is 4.79 Å². The lowest BCUT2D eigenvalue weighted by Crippen LogP contribution is -2.26. The molecule has 5 nitrogen and oxygen atoms in total. The van der Waals surface area contributed by atoms with Crippen LogP contribution in [0.3, 0.4) is 0 Å². The molecule has 0 aliphatic heterocycles. The molecule has 27 heavy (non-hydrogen) atoms. The quantitative estimate of drug-likeness (QED) is 0.700. The highest BCUT2D eigenvalue weighted by Gasteiger charge is 2.21. The Morgan fingerprint density at radius 1 is 1.26 bits per heavy atom. The molecule has 1 aliphatic carbocycles. The minimum absolute atomic E-state index is 0.194. The molecule has 1 aliphatic rings. The van der Waals surface area contributed by atoms with Crippen molar-refractivity contribution in [2.75, 3.05) is 6.54 Å². The summed E-state index contributed by atoms with van der Waals surface area (Å²) < 4.78 is 1.60. The molecule has 3 aromatic rings. The summed E-state index contributed by atoms with van der Waals surface area (Å²) in [6, 6.07) is 9.57. The van der Waals surface area contributed by atoms with Gasteiger partial charge in [0.25, 0.3) is 5.91 Å². The first-order valence-corrected chi connectivity index (χ1v) is 10.4. The Balaban J connectivity index is 1.43. The van der Waals surface area contributed by atoms with Crippen LogP contribution in [-0.4, -0.2) is 27.2 Å². The van der Waals surface area contributed by atoms with Crippen molar-refractivity contribution >= 4 is 28.8 Å². The molecular formula is C20H21ClN4OS. The van der Waals surface area contributed by atoms with Crippen molar-refractivity contribution in [3.63, 3.8) is 0 Å². The molecule has 0 radical (unpaired) electrons. The van der Waals surface area contributed by atoms with Gasteiger partial charge in [0, 0.05) is 17.8 Å². The number of benzene rings is 1. The van der Waals surface area contributed by atoms with E-state index in [1.54, 1.807) is 22.9 Å². The molecule has 0 saturated carbocycles. The van der Waals surface area contributed by atoms with E-state index in [0.29, 0.717) is 23.0 Å². The van der Waals surface area contributed by atoms with Crippen LogP contribution in [0.2, 0.25) is 5.15 Å². The number of para-hydroxylation sites is 1. The number of nitrogens with one attached hydrogen (secondary N) is 1. The lowest BCUT2D eigenvalue weighted by atomic mass is 10.0. The third kappa shape index (κ3) is 3.77. The van der Waals surface area contributed by atoms with Crippen LogP contribution in [0, 0.1) is 6.92 Å². The van der Waals surface area contributed by atoms with Gasteiger partial charge < -0.3 is 5.32 Å². The summed E-state index contributed by atoms with van der Waals surface area (Å²) in [5.74, 6) is -0.194. The zero-order valence-electron chi connectivity index (χ0n) is 15.2. The van der Waals surface area contributed by atoms with Crippen molar-refractivity contribution in [3.8, 4) is 5.69 Å². The Morgan fingerprint density at radius 2 is 2.04 bits per heavy atom. The molecule has 2 heterocycles. The number of carbonyl (C=O) groups excluding carboxylic acids is 1. The average Bonchev–Trinajstić information content (AvgIpc) is 3.22. The lowest BCUT2D eigenvalue weighted by Gasteiger charge is -2.06. The van der Waals surface area contributed by atoms with E-state index in [9.17, 15) is 4.79 Å². The Labute approximate surface area is 167 Å². The third-order valence-corrected chi connectivity index (χ3v) is 6.31. The first-order valence-electron chi connectivity index (χ1n) is 9.19. The van der Waals surface area contributed by atoms with E-state index in [2.05, 4.69) is 10.4 Å². The van der Waals surface area contributed by atoms with E-state index >= 15 is 0 Å². The second-order valence-corrected chi connectivity index (χ2v) is 8.22. The van der Waals surface area contributed by atoms with Crippen molar-refractivity contribution in [3.05, 3.63) is 62.3 Å². The average molecular weight is 401 g/mol. The molecule has 7 heteroatoms. The second kappa shape index (κ2) is 7.82. The van der Waals surface area contributed by atoms with Gasteiger partial charge in [0.05, 0.1) is 27.6 Å². The normalized spacial score (nSPS) is 13.4. The third-order valence-electron chi connectivity index (χ3n) is 4.75. The van der Waals surface area contributed by atoms with Crippen LogP contribution >= 0.6 is 22.9 Å². The summed E-state index contributed by atoms with van der Waals surface area (Å²) in [4.78, 5) is 18.8. The van der Waals surface area contributed by atoms with Crippen LogP contribution in [0.1, 0.15) is 44.5 Å². The number of fused-ring (bicyclic) bond motifs is 1. The zero-order chi connectivity index (χ0) is 18.8. The van der Waals surface area contributed by atoms with Crippen molar-refractivity contribution in [2.45, 2.75) is 39.0 Å². The lowest BCUT2D eigenvalue weighted by molar-refractivity contribution is 0.0953. The molecule has 1 aromatic carbocycles. The molecule has 140 valence electrons. The number of halogens is 1. The van der Waals surface area contributed by atoms with Crippen molar-refractivity contribution < 1.29 is 4.79 Å². The molecule has 0 bridgehead atoms. The number of aryl methyl sites for hydroxylation is 3. The van der Waals surface area contributed by atoms with E-state index in [-0.39, 0.29) is 5.91 Å². The molecule has 0 spiro atoms. The smallest absolute Gasteiger partial charge is 0.256 e. The number of hydrogen-bond acceptors (Lipinski definition) is 4. The van der Waals surface area contributed by atoms with Crippen LogP contribution in [0.4, 0.5) is 0 Å². The number of thiazole rings is 1. The molecule has 0 fully saturated rings. The Kier molecular flexibility index (Phi) is 5.27. The van der Waals surface area contributed by atoms with Gasteiger partial charge in [-0.1, -0.05) is 29.8 Å². The summed E-state index contributed by atoms with van der Waals surface area (Å²) in [7, 11) is 0. The number of hydrogen-bond donors (Lipinski definition) is 1. The first-order chi connectivity index (χ1) is 13.1. The Hall–Kier alpha value is -2.18. The van der Waals surface area contributed by atoms with Gasteiger partial charge in [-0.15, -0.1) is 11.3 Å². The fourth-order valence-electron chi connectivity index (χ4n) is 3.38. The SMILES string of the molecule is Cc1nn(-c2ccccc2)c(Cl)c1C(=O)NCCc1nc2c(s1)CCCC2. The molecule has 0 saturated heterocycles. The predicted molar refractivity (Wildman–Crippen MR) is 108 cm³/mol. The Morgan fingerprint density at radius 3 is 2.81 bits per heavy atom. The van der Waals surface area contributed by atoms with Crippen molar-refractivity contribution in [1.29, 1.82) is 0 Å². The molecule has 0 atom stereocenters. The van der Waals surface area contributed by atoms with Crippen LogP contribution in [0.5, 0.6) is 0 Å². The number of rotatable bonds is 5. The van der Waals surface area contributed by atoms with Crippen molar-refractivity contribution in [1.82, 2.24) is 20.1 Å². The van der Waals surface area contributed by atoms with Crippen LogP contribution in [-0.2, 0) is 19.3 Å². The van der Waals surface area contributed by atoms with Gasteiger partial charge in [-0.05, 0) is 44.7 Å². The van der Waals surface area contributed by atoms with Crippen LogP contribution in [0.25, 0.3) is 5.69 Å². The molecule has 0 unspecified atom stereocenters. The minimum atomic E-state index is -0.194. The topological polar surface area (TPSA) is 59.8 Å². The fraction of sp³-hybridized carbons (Fsp3) is 0.350. The van der Waals surface area contributed by atoms with E-state index in [4.69, 9.17) is 16.6 Å². The van der Waals surface area contributed by atoms with Gasteiger partial charge in [0.15, 0.2) is 0 Å². The maximum absolute atomic E-state index is 12.6. The van der Waals surface area contributed by atoms with E-state index < -0.39 is 0 Å². The summed E-state index contributed by atoms with van der Waals surface area (Å²) in [6.07, 6.45) is 5.47. The Bertz CT molecular complexity index is 941. The van der Waals surface area contributed by atoms with Gasteiger partial charge in [-0.2, -0.15) is 5.10 Å². The number of carbonyl (C=O) groups is 1. The predicted octanol–water partition coefficient (Wildman–Crippen LogP) is 4.14. The largest absolute Gasteiger partial charge is 0.351 e. The van der Waals surface area contributed by atoms with Crippen LogP contribution < -0.4 is 5.32 Å². The number of nitrogens with zero attached hydrogens (tertiary/aromatic N) is 3. The molecule has 1 N–H and O–H groups in total. The highest BCUT2D eigenvalue weighted by Crippen LogP contribution is 2.27. The van der Waals surface area contributed by atoms with Gasteiger partial charge in [0.2, 0.25) is 0 Å². The highest BCUT2D eigenvalue weighted by molar-refractivity contribution is 7.11. The monoisotopic (exact) mass is 400 g/mol. The van der Waals surface area contributed by atoms with E-state index in [1.165, 1.54) is 23.4 Å². The van der Waals surface area contributed by atoms with Crippen LogP contribution in [0.15, 0.2) is 30.3 Å². The summed E-state index contributed by atoms with van der Waals surface area (Å²) in [6.45, 7) is 2.34. The summed E-state index contributed by atoms with van der Waals surface area (Å²) >= 11 is 8.24. The van der Waals surface area contributed by atoms with Gasteiger partial charge >= 0.3 is 0 Å². The van der Waals surface area contributed by atoms with Gasteiger partial charge in [0.1, 0.15) is 5.15 Å². The van der Waals surface area contributed by atoms with Gasteiger partial charge in [-0.25, -0.2) is 9.67 Å². The number of aromatic nitrogens is 3. The molecule has 1 amide bonds.